The number of pyridine rings is 1. The molecule has 1 aromatic rings. The number of nitrogens with zero attached hydrogens (tertiary/aromatic N) is 1. The monoisotopic (exact) mass is 230 g/mol. The molecule has 0 aromatic carbocycles. The summed E-state index contributed by atoms with van der Waals surface area (Å²) in [6, 6.07) is 3.78. The van der Waals surface area contributed by atoms with E-state index in [0.717, 1.165) is 10.2 Å². The summed E-state index contributed by atoms with van der Waals surface area (Å²) in [7, 11) is 0. The Balaban J connectivity index is 2.96. The quantitative estimate of drug-likeness (QED) is 0.625. The van der Waals surface area contributed by atoms with Crippen LogP contribution in [0.25, 0.3) is 0 Å². The lowest BCUT2D eigenvalue weighted by Gasteiger charge is -2.21. The molecule has 3 nitrogen and oxygen atoms in total. The molecular weight excluding hydrogens is 220 g/mol. The average Bonchev–Trinajstić information content (AvgIpc) is 2.05. The van der Waals surface area contributed by atoms with Gasteiger partial charge in [0.05, 0.1) is 0 Å². The summed E-state index contributed by atoms with van der Waals surface area (Å²) in [6.07, 6.45) is 1.73. The third-order valence-corrected chi connectivity index (χ3v) is 2.19. The van der Waals surface area contributed by atoms with Crippen LogP contribution in [0.4, 0.5) is 0 Å². The van der Waals surface area contributed by atoms with Crippen molar-refractivity contribution in [2.24, 2.45) is 5.90 Å². The van der Waals surface area contributed by atoms with Gasteiger partial charge in [-0.15, -0.1) is 0 Å². The molecule has 0 fully saturated rings. The summed E-state index contributed by atoms with van der Waals surface area (Å²) < 4.78 is 0.805. The molecule has 0 unspecified atom stereocenters. The van der Waals surface area contributed by atoms with Gasteiger partial charge in [0.15, 0.2) is 0 Å². The molecule has 2 N–H and O–H groups in total. The molecule has 0 aliphatic heterocycles. The second-order valence-electron chi connectivity index (χ2n) is 3.00. The van der Waals surface area contributed by atoms with E-state index < -0.39 is 5.60 Å². The zero-order chi connectivity index (χ0) is 9.19. The van der Waals surface area contributed by atoms with Gasteiger partial charge >= 0.3 is 0 Å². The molecule has 12 heavy (non-hydrogen) atoms. The van der Waals surface area contributed by atoms with Gasteiger partial charge in [0, 0.05) is 11.8 Å². The van der Waals surface area contributed by atoms with E-state index in [1.807, 2.05) is 26.0 Å². The third kappa shape index (κ3) is 2.03. The number of nitrogens with two attached hydrogens (primary N) is 1. The summed E-state index contributed by atoms with van der Waals surface area (Å²) in [5.74, 6) is 5.14. The van der Waals surface area contributed by atoms with Gasteiger partial charge < -0.3 is 0 Å². The first-order chi connectivity index (χ1) is 5.56. The van der Waals surface area contributed by atoms with Crippen LogP contribution in [0, 0.1) is 0 Å². The normalized spacial score (nSPS) is 11.7. The largest absolute Gasteiger partial charge is 0.294 e. The van der Waals surface area contributed by atoms with E-state index >= 15 is 0 Å². The molecule has 0 radical (unpaired) electrons. The maximum absolute atomic E-state index is 5.14. The minimum atomic E-state index is -0.478. The van der Waals surface area contributed by atoms with Gasteiger partial charge in [-0.1, -0.05) is 6.07 Å². The molecule has 0 spiro atoms. The number of aromatic nitrogens is 1. The van der Waals surface area contributed by atoms with Gasteiger partial charge in [-0.2, -0.15) is 0 Å². The summed E-state index contributed by atoms with van der Waals surface area (Å²) in [6.45, 7) is 3.77. The van der Waals surface area contributed by atoms with E-state index in [4.69, 9.17) is 10.7 Å². The molecule has 4 heteroatoms. The van der Waals surface area contributed by atoms with Crippen molar-refractivity contribution in [2.45, 2.75) is 19.4 Å². The summed E-state index contributed by atoms with van der Waals surface area (Å²) in [5, 5.41) is 0. The van der Waals surface area contributed by atoms with E-state index in [0.29, 0.717) is 0 Å². The molecule has 0 saturated heterocycles. The van der Waals surface area contributed by atoms with Crippen molar-refractivity contribution >= 4 is 15.9 Å². The first-order valence-electron chi connectivity index (χ1n) is 3.56. The van der Waals surface area contributed by atoms with Crippen LogP contribution in [-0.4, -0.2) is 4.98 Å². The maximum Gasteiger partial charge on any atom is 0.110 e. The Labute approximate surface area is 80.0 Å². The second kappa shape index (κ2) is 3.51. The van der Waals surface area contributed by atoms with E-state index in [2.05, 4.69) is 20.9 Å². The van der Waals surface area contributed by atoms with Crippen LogP contribution in [-0.2, 0) is 10.4 Å². The number of hydrogen-bond acceptors (Lipinski definition) is 3. The lowest BCUT2D eigenvalue weighted by Crippen LogP contribution is -2.25. The molecule has 66 valence electrons. The van der Waals surface area contributed by atoms with Crippen LogP contribution < -0.4 is 5.90 Å². The minimum absolute atomic E-state index is 0.478. The highest BCUT2D eigenvalue weighted by atomic mass is 79.9. The molecule has 0 aliphatic rings. The minimum Gasteiger partial charge on any atom is -0.294 e. The number of rotatable bonds is 2. The van der Waals surface area contributed by atoms with E-state index in [1.54, 1.807) is 6.20 Å². The smallest absolute Gasteiger partial charge is 0.110 e. The van der Waals surface area contributed by atoms with Gasteiger partial charge in [-0.05, 0) is 35.8 Å². The standard InChI is InChI=1S/C8H11BrN2O/c1-8(2,12-10)6-3-4-7(9)11-5-6/h3-5H,10H2,1-2H3. The third-order valence-electron chi connectivity index (χ3n) is 1.72. The van der Waals surface area contributed by atoms with Crippen molar-refractivity contribution in [1.29, 1.82) is 0 Å². The van der Waals surface area contributed by atoms with Crippen LogP contribution in [0.5, 0.6) is 0 Å². The zero-order valence-electron chi connectivity index (χ0n) is 7.04. The predicted molar refractivity (Wildman–Crippen MR) is 50.2 cm³/mol. The van der Waals surface area contributed by atoms with E-state index in [1.165, 1.54) is 0 Å². The fraction of sp³-hybridized carbons (Fsp3) is 0.375. The van der Waals surface area contributed by atoms with Crippen LogP contribution in [0.3, 0.4) is 0 Å². The van der Waals surface area contributed by atoms with Crippen molar-refractivity contribution in [2.75, 3.05) is 0 Å². The molecule has 1 aromatic heterocycles. The Morgan fingerprint density at radius 2 is 2.17 bits per heavy atom. The van der Waals surface area contributed by atoms with Gasteiger partial charge in [0.25, 0.3) is 0 Å². The molecule has 0 atom stereocenters. The highest BCUT2D eigenvalue weighted by molar-refractivity contribution is 9.10. The number of hydrogen-bond donors (Lipinski definition) is 1. The van der Waals surface area contributed by atoms with Gasteiger partial charge in [-0.25, -0.2) is 10.9 Å². The van der Waals surface area contributed by atoms with Crippen molar-refractivity contribution in [3.8, 4) is 0 Å². The van der Waals surface area contributed by atoms with E-state index in [-0.39, 0.29) is 0 Å². The Morgan fingerprint density at radius 1 is 1.50 bits per heavy atom. The van der Waals surface area contributed by atoms with Gasteiger partial charge in [-0.3, -0.25) is 4.84 Å². The topological polar surface area (TPSA) is 48.1 Å². The first kappa shape index (κ1) is 9.64. The van der Waals surface area contributed by atoms with Crippen molar-refractivity contribution < 1.29 is 4.84 Å². The fourth-order valence-electron chi connectivity index (χ4n) is 0.800. The SMILES string of the molecule is CC(C)(ON)c1ccc(Br)nc1. The van der Waals surface area contributed by atoms with Crippen LogP contribution in [0.15, 0.2) is 22.9 Å². The Hall–Kier alpha value is -0.450. The number of halogens is 1. The molecular formula is C8H11BrN2O. The summed E-state index contributed by atoms with van der Waals surface area (Å²) >= 11 is 3.25. The Kier molecular flexibility index (Phi) is 2.82. The summed E-state index contributed by atoms with van der Waals surface area (Å²) in [4.78, 5) is 8.88. The molecule has 0 amide bonds. The molecule has 0 aliphatic carbocycles. The first-order valence-corrected chi connectivity index (χ1v) is 4.35. The Bertz CT molecular complexity index is 258. The maximum atomic E-state index is 5.14. The lowest BCUT2D eigenvalue weighted by atomic mass is 10.0. The van der Waals surface area contributed by atoms with Gasteiger partial charge in [0.2, 0.25) is 0 Å². The Morgan fingerprint density at radius 3 is 2.58 bits per heavy atom. The highest BCUT2D eigenvalue weighted by Gasteiger charge is 2.20. The highest BCUT2D eigenvalue weighted by Crippen LogP contribution is 2.22. The van der Waals surface area contributed by atoms with Crippen LogP contribution in [0.1, 0.15) is 19.4 Å². The molecule has 1 heterocycles. The van der Waals surface area contributed by atoms with Crippen LogP contribution in [0.2, 0.25) is 0 Å². The zero-order valence-corrected chi connectivity index (χ0v) is 8.63. The van der Waals surface area contributed by atoms with Crippen molar-refractivity contribution in [3.63, 3.8) is 0 Å². The summed E-state index contributed by atoms with van der Waals surface area (Å²) in [5.41, 5.74) is 0.474. The second-order valence-corrected chi connectivity index (χ2v) is 3.81. The molecule has 1 rings (SSSR count). The van der Waals surface area contributed by atoms with Crippen molar-refractivity contribution in [3.05, 3.63) is 28.5 Å². The lowest BCUT2D eigenvalue weighted by molar-refractivity contribution is -0.0238. The predicted octanol–water partition coefficient (Wildman–Crippen LogP) is 1.97. The fourth-order valence-corrected chi connectivity index (χ4v) is 1.03. The molecule has 0 saturated carbocycles. The van der Waals surface area contributed by atoms with Crippen molar-refractivity contribution in [1.82, 2.24) is 4.98 Å². The van der Waals surface area contributed by atoms with Crippen LogP contribution >= 0.6 is 15.9 Å². The van der Waals surface area contributed by atoms with E-state index in [9.17, 15) is 0 Å². The molecule has 0 bridgehead atoms. The average molecular weight is 231 g/mol. The van der Waals surface area contributed by atoms with Gasteiger partial charge in [0.1, 0.15) is 10.2 Å².